The van der Waals surface area contributed by atoms with Crippen molar-refractivity contribution in [1.82, 2.24) is 0 Å². The number of fused-ring (bicyclic) bond motifs is 1. The molecule has 0 saturated heterocycles. The highest BCUT2D eigenvalue weighted by molar-refractivity contribution is 5.97. The number of hydrogen-bond acceptors (Lipinski definition) is 2. The van der Waals surface area contributed by atoms with E-state index in [1.807, 2.05) is 32.0 Å². The number of ketones is 1. The SMILES string of the molecule is CC(C)C(=O)c1ccc2c(c1)COC2. The first-order valence-electron chi connectivity index (χ1n) is 4.92. The Hall–Kier alpha value is -1.15. The molecule has 0 spiro atoms. The van der Waals surface area contributed by atoms with Gasteiger partial charge in [-0.05, 0) is 17.2 Å². The normalized spacial score (nSPS) is 14.5. The predicted molar refractivity (Wildman–Crippen MR) is 54.1 cm³/mol. The van der Waals surface area contributed by atoms with Gasteiger partial charge in [-0.25, -0.2) is 0 Å². The summed E-state index contributed by atoms with van der Waals surface area (Å²) in [7, 11) is 0. The van der Waals surface area contributed by atoms with Crippen LogP contribution in [0.1, 0.15) is 35.3 Å². The summed E-state index contributed by atoms with van der Waals surface area (Å²) in [5.41, 5.74) is 3.19. The van der Waals surface area contributed by atoms with Crippen LogP contribution in [0.4, 0.5) is 0 Å². The molecule has 0 saturated carbocycles. The Balaban J connectivity index is 2.33. The van der Waals surface area contributed by atoms with Crippen molar-refractivity contribution in [3.63, 3.8) is 0 Å². The Kier molecular flexibility index (Phi) is 2.38. The summed E-state index contributed by atoms with van der Waals surface area (Å²) in [5, 5.41) is 0. The zero-order valence-corrected chi connectivity index (χ0v) is 8.54. The molecular formula is C12H14O2. The van der Waals surface area contributed by atoms with Crippen molar-refractivity contribution in [1.29, 1.82) is 0 Å². The Morgan fingerprint density at radius 1 is 1.29 bits per heavy atom. The van der Waals surface area contributed by atoms with E-state index in [1.54, 1.807) is 0 Å². The first-order chi connectivity index (χ1) is 6.68. The molecule has 2 heteroatoms. The van der Waals surface area contributed by atoms with Gasteiger partial charge in [-0.1, -0.05) is 26.0 Å². The highest BCUT2D eigenvalue weighted by Gasteiger charge is 2.15. The molecule has 0 aromatic heterocycles. The standard InChI is InChI=1S/C12H14O2/c1-8(2)12(13)9-3-4-10-6-14-7-11(10)5-9/h3-5,8H,6-7H2,1-2H3. The maximum absolute atomic E-state index is 11.7. The van der Waals surface area contributed by atoms with Crippen LogP contribution in [0.15, 0.2) is 18.2 Å². The van der Waals surface area contributed by atoms with Gasteiger partial charge in [-0.3, -0.25) is 4.79 Å². The molecule has 2 rings (SSSR count). The van der Waals surface area contributed by atoms with Crippen LogP contribution in [0.25, 0.3) is 0 Å². The van der Waals surface area contributed by atoms with Crippen molar-refractivity contribution in [2.75, 3.05) is 0 Å². The second kappa shape index (κ2) is 3.54. The van der Waals surface area contributed by atoms with Gasteiger partial charge >= 0.3 is 0 Å². The fraction of sp³-hybridized carbons (Fsp3) is 0.417. The molecule has 1 aliphatic heterocycles. The average Bonchev–Trinajstić information content (AvgIpc) is 2.62. The van der Waals surface area contributed by atoms with Gasteiger partial charge in [0.15, 0.2) is 5.78 Å². The highest BCUT2D eigenvalue weighted by Crippen LogP contribution is 2.22. The van der Waals surface area contributed by atoms with E-state index in [4.69, 9.17) is 4.74 Å². The average molecular weight is 190 g/mol. The third-order valence-electron chi connectivity index (χ3n) is 2.53. The van der Waals surface area contributed by atoms with E-state index in [1.165, 1.54) is 5.56 Å². The predicted octanol–water partition coefficient (Wildman–Crippen LogP) is 2.56. The monoisotopic (exact) mass is 190 g/mol. The molecule has 14 heavy (non-hydrogen) atoms. The smallest absolute Gasteiger partial charge is 0.165 e. The molecule has 0 unspecified atom stereocenters. The molecule has 0 atom stereocenters. The molecule has 0 bridgehead atoms. The van der Waals surface area contributed by atoms with E-state index in [0.717, 1.165) is 11.1 Å². The van der Waals surface area contributed by atoms with Gasteiger partial charge in [0.2, 0.25) is 0 Å². The minimum absolute atomic E-state index is 0.0652. The molecule has 0 aliphatic carbocycles. The summed E-state index contributed by atoms with van der Waals surface area (Å²) in [6.07, 6.45) is 0. The third kappa shape index (κ3) is 1.58. The Morgan fingerprint density at radius 3 is 2.71 bits per heavy atom. The van der Waals surface area contributed by atoms with E-state index in [2.05, 4.69) is 0 Å². The Labute approximate surface area is 83.9 Å². The molecule has 1 aliphatic rings. The molecule has 0 amide bonds. The third-order valence-corrected chi connectivity index (χ3v) is 2.53. The van der Waals surface area contributed by atoms with Crippen LogP contribution in [0.5, 0.6) is 0 Å². The first kappa shape index (κ1) is 9.41. The van der Waals surface area contributed by atoms with Gasteiger partial charge in [0.25, 0.3) is 0 Å². The summed E-state index contributed by atoms with van der Waals surface area (Å²) in [6.45, 7) is 5.18. The van der Waals surface area contributed by atoms with Gasteiger partial charge in [0, 0.05) is 11.5 Å². The van der Waals surface area contributed by atoms with E-state index in [9.17, 15) is 4.79 Å². The summed E-state index contributed by atoms with van der Waals surface area (Å²) in [5.74, 6) is 0.273. The zero-order chi connectivity index (χ0) is 10.1. The fourth-order valence-corrected chi connectivity index (χ4v) is 1.66. The van der Waals surface area contributed by atoms with Crippen LogP contribution in [0, 0.1) is 5.92 Å². The molecule has 1 heterocycles. The molecule has 0 fully saturated rings. The van der Waals surface area contributed by atoms with E-state index in [0.29, 0.717) is 13.2 Å². The number of carbonyl (C=O) groups is 1. The van der Waals surface area contributed by atoms with Gasteiger partial charge in [0.05, 0.1) is 13.2 Å². The Morgan fingerprint density at radius 2 is 2.00 bits per heavy atom. The summed E-state index contributed by atoms with van der Waals surface area (Å²) in [4.78, 5) is 11.7. The van der Waals surface area contributed by atoms with Crippen molar-refractivity contribution in [3.8, 4) is 0 Å². The lowest BCUT2D eigenvalue weighted by Gasteiger charge is -2.05. The summed E-state index contributed by atoms with van der Waals surface area (Å²) < 4.78 is 5.30. The van der Waals surface area contributed by atoms with E-state index < -0.39 is 0 Å². The highest BCUT2D eigenvalue weighted by atomic mass is 16.5. The number of rotatable bonds is 2. The number of hydrogen-bond donors (Lipinski definition) is 0. The first-order valence-corrected chi connectivity index (χ1v) is 4.92. The van der Waals surface area contributed by atoms with Crippen LogP contribution >= 0.6 is 0 Å². The maximum atomic E-state index is 11.7. The quantitative estimate of drug-likeness (QED) is 0.670. The molecule has 1 aromatic carbocycles. The lowest BCUT2D eigenvalue weighted by Crippen LogP contribution is -2.07. The summed E-state index contributed by atoms with van der Waals surface area (Å²) >= 11 is 0. The molecule has 2 nitrogen and oxygen atoms in total. The molecule has 0 N–H and O–H groups in total. The number of ether oxygens (including phenoxy) is 1. The zero-order valence-electron chi connectivity index (χ0n) is 8.54. The van der Waals surface area contributed by atoms with Crippen molar-refractivity contribution in [3.05, 3.63) is 34.9 Å². The summed E-state index contributed by atoms with van der Waals surface area (Å²) in [6, 6.07) is 5.86. The number of benzene rings is 1. The van der Waals surface area contributed by atoms with Crippen LogP contribution < -0.4 is 0 Å². The number of carbonyl (C=O) groups excluding carboxylic acids is 1. The lowest BCUT2D eigenvalue weighted by atomic mass is 9.98. The van der Waals surface area contributed by atoms with Crippen molar-refractivity contribution in [2.45, 2.75) is 27.1 Å². The fourth-order valence-electron chi connectivity index (χ4n) is 1.66. The number of Topliss-reactive ketones (excluding diaryl/α,β-unsaturated/α-hetero) is 1. The minimum atomic E-state index is 0.0652. The van der Waals surface area contributed by atoms with Gasteiger partial charge < -0.3 is 4.74 Å². The molecular weight excluding hydrogens is 176 g/mol. The molecule has 0 radical (unpaired) electrons. The van der Waals surface area contributed by atoms with Crippen LogP contribution in [0.3, 0.4) is 0 Å². The molecule has 74 valence electrons. The van der Waals surface area contributed by atoms with E-state index in [-0.39, 0.29) is 11.7 Å². The minimum Gasteiger partial charge on any atom is -0.372 e. The maximum Gasteiger partial charge on any atom is 0.165 e. The van der Waals surface area contributed by atoms with Crippen molar-refractivity contribution in [2.24, 2.45) is 5.92 Å². The van der Waals surface area contributed by atoms with Gasteiger partial charge in [-0.2, -0.15) is 0 Å². The van der Waals surface area contributed by atoms with Gasteiger partial charge in [0.1, 0.15) is 0 Å². The van der Waals surface area contributed by atoms with Crippen LogP contribution in [-0.2, 0) is 18.0 Å². The second-order valence-corrected chi connectivity index (χ2v) is 4.00. The van der Waals surface area contributed by atoms with Crippen molar-refractivity contribution < 1.29 is 9.53 Å². The Bertz CT molecular complexity index is 367. The molecule has 1 aromatic rings. The van der Waals surface area contributed by atoms with E-state index >= 15 is 0 Å². The van der Waals surface area contributed by atoms with Gasteiger partial charge in [-0.15, -0.1) is 0 Å². The lowest BCUT2D eigenvalue weighted by molar-refractivity contribution is 0.0939. The largest absolute Gasteiger partial charge is 0.372 e. The van der Waals surface area contributed by atoms with Crippen molar-refractivity contribution >= 4 is 5.78 Å². The van der Waals surface area contributed by atoms with Crippen LogP contribution in [-0.4, -0.2) is 5.78 Å². The second-order valence-electron chi connectivity index (χ2n) is 4.00. The van der Waals surface area contributed by atoms with Crippen LogP contribution in [0.2, 0.25) is 0 Å². The topological polar surface area (TPSA) is 26.3 Å².